The lowest BCUT2D eigenvalue weighted by Crippen LogP contribution is -2.14. The third-order valence-electron chi connectivity index (χ3n) is 3.98. The number of hydrogen-bond donors (Lipinski definition) is 1. The standard InChI is InChI=1S/C21H16ClN5OS/c22-15-7-6-8-16(13-15)24-19(28)14-29-21-26-25-20(18-11-4-5-12-23-18)27(21)17-9-2-1-3-10-17/h1-13H,14H2,(H,24,28). The minimum atomic E-state index is -0.153. The lowest BCUT2D eigenvalue weighted by molar-refractivity contribution is -0.113. The molecule has 0 bridgehead atoms. The number of carbonyl (C=O) groups excluding carboxylic acids is 1. The number of pyridine rings is 1. The predicted octanol–water partition coefficient (Wildman–Crippen LogP) is 4.71. The molecule has 0 atom stereocenters. The molecule has 0 saturated heterocycles. The number of benzene rings is 2. The number of hydrogen-bond acceptors (Lipinski definition) is 5. The van der Waals surface area contributed by atoms with Gasteiger partial charge in [-0.1, -0.05) is 53.7 Å². The second kappa shape index (κ2) is 8.89. The Morgan fingerprint density at radius 2 is 1.83 bits per heavy atom. The van der Waals surface area contributed by atoms with Gasteiger partial charge in [-0.15, -0.1) is 10.2 Å². The highest BCUT2D eigenvalue weighted by atomic mass is 35.5. The molecule has 8 heteroatoms. The summed E-state index contributed by atoms with van der Waals surface area (Å²) in [7, 11) is 0. The van der Waals surface area contributed by atoms with Crippen molar-refractivity contribution in [2.24, 2.45) is 0 Å². The van der Waals surface area contributed by atoms with Gasteiger partial charge >= 0.3 is 0 Å². The molecule has 0 spiro atoms. The van der Waals surface area contributed by atoms with Crippen molar-refractivity contribution in [3.8, 4) is 17.2 Å². The summed E-state index contributed by atoms with van der Waals surface area (Å²) in [5.41, 5.74) is 2.26. The molecule has 4 rings (SSSR count). The van der Waals surface area contributed by atoms with Crippen molar-refractivity contribution < 1.29 is 4.79 Å². The van der Waals surface area contributed by atoms with E-state index >= 15 is 0 Å². The van der Waals surface area contributed by atoms with Crippen molar-refractivity contribution >= 4 is 35.0 Å². The van der Waals surface area contributed by atoms with Crippen LogP contribution in [0.2, 0.25) is 5.02 Å². The van der Waals surface area contributed by atoms with Crippen LogP contribution in [0.3, 0.4) is 0 Å². The summed E-state index contributed by atoms with van der Waals surface area (Å²) in [6.45, 7) is 0. The molecule has 0 radical (unpaired) electrons. The highest BCUT2D eigenvalue weighted by molar-refractivity contribution is 7.99. The second-order valence-corrected chi connectivity index (χ2v) is 7.42. The van der Waals surface area contributed by atoms with Gasteiger partial charge in [0.2, 0.25) is 5.91 Å². The van der Waals surface area contributed by atoms with Crippen molar-refractivity contribution in [1.82, 2.24) is 19.7 Å². The average Bonchev–Trinajstić information content (AvgIpc) is 3.17. The van der Waals surface area contributed by atoms with Crippen LogP contribution < -0.4 is 5.32 Å². The van der Waals surface area contributed by atoms with Gasteiger partial charge in [-0.2, -0.15) is 0 Å². The van der Waals surface area contributed by atoms with Gasteiger partial charge in [0.25, 0.3) is 0 Å². The molecule has 0 aliphatic heterocycles. The Morgan fingerprint density at radius 3 is 2.59 bits per heavy atom. The Hall–Kier alpha value is -3.16. The summed E-state index contributed by atoms with van der Waals surface area (Å²) >= 11 is 7.27. The van der Waals surface area contributed by atoms with Gasteiger partial charge in [0.05, 0.1) is 5.75 Å². The number of carbonyl (C=O) groups is 1. The largest absolute Gasteiger partial charge is 0.325 e. The van der Waals surface area contributed by atoms with Crippen LogP contribution in [0.1, 0.15) is 0 Å². The zero-order chi connectivity index (χ0) is 20.1. The number of para-hydroxylation sites is 1. The molecule has 0 saturated carbocycles. The van der Waals surface area contributed by atoms with Gasteiger partial charge in [0, 0.05) is 22.6 Å². The molecule has 1 N–H and O–H groups in total. The number of amides is 1. The van der Waals surface area contributed by atoms with Gasteiger partial charge in [-0.05, 0) is 42.5 Å². The number of thioether (sulfide) groups is 1. The lowest BCUT2D eigenvalue weighted by atomic mass is 10.3. The Morgan fingerprint density at radius 1 is 1.00 bits per heavy atom. The molecule has 2 aromatic carbocycles. The summed E-state index contributed by atoms with van der Waals surface area (Å²) in [5, 5.41) is 12.6. The molecule has 2 heterocycles. The first-order valence-corrected chi connectivity index (χ1v) is 10.2. The number of nitrogens with one attached hydrogen (secondary N) is 1. The van der Waals surface area contributed by atoms with Crippen molar-refractivity contribution in [2.75, 3.05) is 11.1 Å². The highest BCUT2D eigenvalue weighted by Gasteiger charge is 2.18. The van der Waals surface area contributed by atoms with Gasteiger partial charge in [-0.25, -0.2) is 0 Å². The molecule has 1 amide bonds. The fourth-order valence-electron chi connectivity index (χ4n) is 2.73. The Labute approximate surface area is 177 Å². The molecule has 0 aliphatic carbocycles. The summed E-state index contributed by atoms with van der Waals surface area (Å²) < 4.78 is 1.90. The maximum absolute atomic E-state index is 12.4. The monoisotopic (exact) mass is 421 g/mol. The van der Waals surface area contributed by atoms with E-state index in [1.807, 2.05) is 53.1 Å². The number of anilines is 1. The molecular weight excluding hydrogens is 406 g/mol. The molecule has 4 aromatic rings. The van der Waals surface area contributed by atoms with Gasteiger partial charge in [0.15, 0.2) is 11.0 Å². The smallest absolute Gasteiger partial charge is 0.234 e. The van der Waals surface area contributed by atoms with Gasteiger partial charge in [-0.3, -0.25) is 14.3 Å². The third-order valence-corrected chi connectivity index (χ3v) is 5.15. The fourth-order valence-corrected chi connectivity index (χ4v) is 3.67. The van der Waals surface area contributed by atoms with E-state index in [2.05, 4.69) is 20.5 Å². The molecule has 0 unspecified atom stereocenters. The van der Waals surface area contributed by atoms with E-state index < -0.39 is 0 Å². The number of nitrogens with zero attached hydrogens (tertiary/aromatic N) is 4. The first-order valence-electron chi connectivity index (χ1n) is 8.81. The zero-order valence-electron chi connectivity index (χ0n) is 15.2. The maximum atomic E-state index is 12.4. The van der Waals surface area contributed by atoms with Crippen LogP contribution in [0.5, 0.6) is 0 Å². The molecular formula is C21H16ClN5OS. The third kappa shape index (κ3) is 4.64. The van der Waals surface area contributed by atoms with Crippen LogP contribution in [-0.4, -0.2) is 31.4 Å². The number of rotatable bonds is 6. The predicted molar refractivity (Wildman–Crippen MR) is 115 cm³/mol. The summed E-state index contributed by atoms with van der Waals surface area (Å²) in [4.78, 5) is 16.8. The second-order valence-electron chi connectivity index (χ2n) is 6.04. The van der Waals surface area contributed by atoms with E-state index in [1.54, 1.807) is 30.5 Å². The van der Waals surface area contributed by atoms with Gasteiger partial charge in [0.1, 0.15) is 5.69 Å². The van der Waals surface area contributed by atoms with Crippen LogP contribution in [-0.2, 0) is 4.79 Å². The molecule has 0 aliphatic rings. The molecule has 6 nitrogen and oxygen atoms in total. The Kier molecular flexibility index (Phi) is 5.88. The van der Waals surface area contributed by atoms with E-state index in [4.69, 9.17) is 11.6 Å². The highest BCUT2D eigenvalue weighted by Crippen LogP contribution is 2.27. The SMILES string of the molecule is O=C(CSc1nnc(-c2ccccn2)n1-c1ccccc1)Nc1cccc(Cl)c1. The number of aromatic nitrogens is 4. The fraction of sp³-hybridized carbons (Fsp3) is 0.0476. The maximum Gasteiger partial charge on any atom is 0.234 e. The zero-order valence-corrected chi connectivity index (χ0v) is 16.8. The van der Waals surface area contributed by atoms with E-state index in [0.29, 0.717) is 27.4 Å². The van der Waals surface area contributed by atoms with Crippen LogP contribution in [0.15, 0.2) is 84.1 Å². The van der Waals surface area contributed by atoms with Crippen LogP contribution in [0.4, 0.5) is 5.69 Å². The van der Waals surface area contributed by atoms with E-state index in [0.717, 1.165) is 5.69 Å². The van der Waals surface area contributed by atoms with Crippen LogP contribution >= 0.6 is 23.4 Å². The molecule has 29 heavy (non-hydrogen) atoms. The Balaban J connectivity index is 1.57. The van der Waals surface area contributed by atoms with E-state index in [1.165, 1.54) is 11.8 Å². The normalized spacial score (nSPS) is 10.7. The lowest BCUT2D eigenvalue weighted by Gasteiger charge is -2.10. The first-order chi connectivity index (χ1) is 14.2. The topological polar surface area (TPSA) is 72.7 Å². The van der Waals surface area contributed by atoms with Gasteiger partial charge < -0.3 is 5.32 Å². The van der Waals surface area contributed by atoms with E-state index in [9.17, 15) is 4.79 Å². The molecule has 0 fully saturated rings. The quantitative estimate of drug-likeness (QED) is 0.456. The summed E-state index contributed by atoms with van der Waals surface area (Å²) in [6.07, 6.45) is 1.71. The van der Waals surface area contributed by atoms with Crippen LogP contribution in [0, 0.1) is 0 Å². The minimum absolute atomic E-state index is 0.153. The molecule has 144 valence electrons. The van der Waals surface area contributed by atoms with Crippen molar-refractivity contribution in [2.45, 2.75) is 5.16 Å². The van der Waals surface area contributed by atoms with Crippen molar-refractivity contribution in [3.63, 3.8) is 0 Å². The minimum Gasteiger partial charge on any atom is -0.325 e. The summed E-state index contributed by atoms with van der Waals surface area (Å²) in [5.74, 6) is 0.647. The van der Waals surface area contributed by atoms with E-state index in [-0.39, 0.29) is 11.7 Å². The average molecular weight is 422 g/mol. The van der Waals surface area contributed by atoms with Crippen molar-refractivity contribution in [3.05, 3.63) is 84.0 Å². The summed E-state index contributed by atoms with van der Waals surface area (Å²) in [6, 6.07) is 22.4. The first kappa shape index (κ1) is 19.2. The number of halogens is 1. The molecule has 2 aromatic heterocycles. The Bertz CT molecular complexity index is 1120. The van der Waals surface area contributed by atoms with Crippen molar-refractivity contribution in [1.29, 1.82) is 0 Å². The van der Waals surface area contributed by atoms with Crippen LogP contribution in [0.25, 0.3) is 17.2 Å².